The molecule has 0 radical (unpaired) electrons. The third-order valence-corrected chi connectivity index (χ3v) is 3.86. The Balaban J connectivity index is 1.99. The highest BCUT2D eigenvalue weighted by atomic mass is 79.9. The highest BCUT2D eigenvalue weighted by Gasteiger charge is 2.13. The van der Waals surface area contributed by atoms with Crippen LogP contribution in [0, 0.1) is 13.8 Å². The lowest BCUT2D eigenvalue weighted by Gasteiger charge is -2.12. The smallest absolute Gasteiger partial charge is 0.349 e. The molecule has 2 aromatic carbocycles. The summed E-state index contributed by atoms with van der Waals surface area (Å²) in [5.41, 5.74) is 2.16. The van der Waals surface area contributed by atoms with E-state index in [0.717, 1.165) is 15.6 Å². The van der Waals surface area contributed by atoms with Gasteiger partial charge in [-0.15, -0.1) is 0 Å². The van der Waals surface area contributed by atoms with Crippen LogP contribution in [0.25, 0.3) is 0 Å². The molecule has 0 spiro atoms. The van der Waals surface area contributed by atoms with E-state index in [4.69, 9.17) is 14.2 Å². The monoisotopic (exact) mass is 420 g/mol. The molecule has 2 rings (SSSR count). The summed E-state index contributed by atoms with van der Waals surface area (Å²) in [6.07, 6.45) is -0.223. The van der Waals surface area contributed by atoms with Crippen molar-refractivity contribution in [2.75, 3.05) is 6.61 Å². The number of carbonyl (C=O) groups excluding carboxylic acids is 2. The Kier molecular flexibility index (Phi) is 6.80. The van der Waals surface area contributed by atoms with E-state index in [1.165, 1.54) is 6.07 Å². The molecule has 0 aliphatic rings. The second kappa shape index (κ2) is 8.85. The molecule has 0 fully saturated rings. The summed E-state index contributed by atoms with van der Waals surface area (Å²) in [5.74, 6) is -0.100. The fourth-order valence-electron chi connectivity index (χ4n) is 2.39. The minimum absolute atomic E-state index is 0.223. The van der Waals surface area contributed by atoms with Gasteiger partial charge in [0.05, 0.1) is 11.7 Å². The van der Waals surface area contributed by atoms with E-state index >= 15 is 0 Å². The molecule has 0 aliphatic heterocycles. The number of carbonyl (C=O) groups is 2. The van der Waals surface area contributed by atoms with Crippen LogP contribution in [0.2, 0.25) is 0 Å². The van der Waals surface area contributed by atoms with E-state index in [0.29, 0.717) is 11.3 Å². The molecule has 0 unspecified atom stereocenters. The number of hydrogen-bond acceptors (Lipinski definition) is 5. The first-order valence-corrected chi connectivity index (χ1v) is 8.97. The van der Waals surface area contributed by atoms with Gasteiger partial charge < -0.3 is 14.2 Å². The maximum absolute atomic E-state index is 12.1. The molecule has 138 valence electrons. The number of esters is 2. The lowest BCUT2D eigenvalue weighted by Crippen LogP contribution is -2.18. The zero-order chi connectivity index (χ0) is 19.3. The standard InChI is InChI=1S/C20H21BrO5/c1-12(2)25-20(23)15-6-5-7-17(10-15)26-18(22)11-24-19-13(3)8-16(21)9-14(19)4/h5-10,12H,11H2,1-4H3. The van der Waals surface area contributed by atoms with Crippen LogP contribution >= 0.6 is 15.9 Å². The quantitative estimate of drug-likeness (QED) is 0.504. The Morgan fingerprint density at radius 1 is 1.08 bits per heavy atom. The van der Waals surface area contributed by atoms with Gasteiger partial charge in [0.25, 0.3) is 0 Å². The predicted octanol–water partition coefficient (Wildman–Crippen LogP) is 4.62. The van der Waals surface area contributed by atoms with Crippen LogP contribution in [0.3, 0.4) is 0 Å². The molecule has 0 aliphatic carbocycles. The van der Waals surface area contributed by atoms with Crippen molar-refractivity contribution in [3.63, 3.8) is 0 Å². The Bertz CT molecular complexity index is 791. The Labute approximate surface area is 161 Å². The van der Waals surface area contributed by atoms with Crippen molar-refractivity contribution in [2.24, 2.45) is 0 Å². The van der Waals surface area contributed by atoms with Crippen molar-refractivity contribution in [2.45, 2.75) is 33.8 Å². The van der Waals surface area contributed by atoms with Crippen LogP contribution in [-0.2, 0) is 9.53 Å². The lowest BCUT2D eigenvalue weighted by molar-refractivity contribution is -0.136. The SMILES string of the molecule is Cc1cc(Br)cc(C)c1OCC(=O)Oc1cccc(C(=O)OC(C)C)c1. The van der Waals surface area contributed by atoms with E-state index in [-0.39, 0.29) is 18.5 Å². The molecule has 0 saturated carbocycles. The largest absolute Gasteiger partial charge is 0.481 e. The summed E-state index contributed by atoms with van der Waals surface area (Å²) in [4.78, 5) is 24.0. The first-order valence-electron chi connectivity index (χ1n) is 8.17. The molecule has 0 heterocycles. The van der Waals surface area contributed by atoms with Crippen LogP contribution in [-0.4, -0.2) is 24.6 Å². The van der Waals surface area contributed by atoms with E-state index in [1.54, 1.807) is 32.0 Å². The fourth-order valence-corrected chi connectivity index (χ4v) is 3.07. The normalized spacial score (nSPS) is 10.5. The first-order chi connectivity index (χ1) is 12.3. The topological polar surface area (TPSA) is 61.8 Å². The van der Waals surface area contributed by atoms with Gasteiger partial charge in [0.15, 0.2) is 6.61 Å². The second-order valence-electron chi connectivity index (χ2n) is 6.11. The summed E-state index contributed by atoms with van der Waals surface area (Å²) in [7, 11) is 0. The van der Waals surface area contributed by atoms with E-state index in [9.17, 15) is 9.59 Å². The Morgan fingerprint density at radius 3 is 2.35 bits per heavy atom. The zero-order valence-corrected chi connectivity index (χ0v) is 16.8. The summed E-state index contributed by atoms with van der Waals surface area (Å²) >= 11 is 3.42. The van der Waals surface area contributed by atoms with Crippen LogP contribution in [0.15, 0.2) is 40.9 Å². The zero-order valence-electron chi connectivity index (χ0n) is 15.2. The minimum atomic E-state index is -0.555. The first kappa shape index (κ1) is 20.0. The van der Waals surface area contributed by atoms with Gasteiger partial charge in [-0.1, -0.05) is 22.0 Å². The van der Waals surface area contributed by atoms with Crippen molar-refractivity contribution in [1.29, 1.82) is 0 Å². The highest BCUT2D eigenvalue weighted by Crippen LogP contribution is 2.27. The van der Waals surface area contributed by atoms with Gasteiger partial charge in [0, 0.05) is 4.47 Å². The van der Waals surface area contributed by atoms with Gasteiger partial charge in [-0.2, -0.15) is 0 Å². The van der Waals surface area contributed by atoms with Crippen molar-refractivity contribution in [3.8, 4) is 11.5 Å². The van der Waals surface area contributed by atoms with Crippen LogP contribution in [0.1, 0.15) is 35.3 Å². The lowest BCUT2D eigenvalue weighted by atomic mass is 10.1. The summed E-state index contributed by atoms with van der Waals surface area (Å²) in [6.45, 7) is 7.12. The average Bonchev–Trinajstić information content (AvgIpc) is 2.53. The number of rotatable bonds is 6. The van der Waals surface area contributed by atoms with Gasteiger partial charge in [-0.25, -0.2) is 9.59 Å². The van der Waals surface area contributed by atoms with Gasteiger partial charge in [-0.05, 0) is 69.2 Å². The van der Waals surface area contributed by atoms with Gasteiger partial charge in [-0.3, -0.25) is 0 Å². The third-order valence-electron chi connectivity index (χ3n) is 3.40. The molecule has 2 aromatic rings. The number of hydrogen-bond donors (Lipinski definition) is 0. The van der Waals surface area contributed by atoms with Gasteiger partial charge >= 0.3 is 11.9 Å². The van der Waals surface area contributed by atoms with Crippen molar-refractivity contribution in [3.05, 3.63) is 57.6 Å². The van der Waals surface area contributed by atoms with Crippen molar-refractivity contribution in [1.82, 2.24) is 0 Å². The number of ether oxygens (including phenoxy) is 3. The second-order valence-corrected chi connectivity index (χ2v) is 7.03. The Hall–Kier alpha value is -2.34. The van der Waals surface area contributed by atoms with Crippen LogP contribution in [0.5, 0.6) is 11.5 Å². The molecular formula is C20H21BrO5. The minimum Gasteiger partial charge on any atom is -0.481 e. The molecule has 0 atom stereocenters. The maximum Gasteiger partial charge on any atom is 0.349 e. The predicted molar refractivity (Wildman–Crippen MR) is 102 cm³/mol. The maximum atomic E-state index is 12.1. The van der Waals surface area contributed by atoms with E-state index < -0.39 is 11.9 Å². The Morgan fingerprint density at radius 2 is 1.73 bits per heavy atom. The molecule has 0 bridgehead atoms. The van der Waals surface area contributed by atoms with Gasteiger partial charge in [0.1, 0.15) is 11.5 Å². The number of halogens is 1. The average molecular weight is 421 g/mol. The van der Waals surface area contributed by atoms with Gasteiger partial charge in [0.2, 0.25) is 0 Å². The molecule has 0 aromatic heterocycles. The van der Waals surface area contributed by atoms with Crippen molar-refractivity contribution < 1.29 is 23.8 Å². The van der Waals surface area contributed by atoms with Crippen LogP contribution in [0.4, 0.5) is 0 Å². The summed E-state index contributed by atoms with van der Waals surface area (Å²) in [5, 5.41) is 0. The van der Waals surface area contributed by atoms with Crippen LogP contribution < -0.4 is 9.47 Å². The fraction of sp³-hybridized carbons (Fsp3) is 0.300. The summed E-state index contributed by atoms with van der Waals surface area (Å²) in [6, 6.07) is 10.1. The molecule has 0 amide bonds. The van der Waals surface area contributed by atoms with E-state index in [2.05, 4.69) is 15.9 Å². The number of benzene rings is 2. The molecule has 6 heteroatoms. The van der Waals surface area contributed by atoms with E-state index in [1.807, 2.05) is 26.0 Å². The highest BCUT2D eigenvalue weighted by molar-refractivity contribution is 9.10. The summed E-state index contributed by atoms with van der Waals surface area (Å²) < 4.78 is 16.9. The molecular weight excluding hydrogens is 400 g/mol. The molecule has 5 nitrogen and oxygen atoms in total. The number of aryl methyl sites for hydroxylation is 2. The third kappa shape index (κ3) is 5.59. The molecule has 26 heavy (non-hydrogen) atoms. The van der Waals surface area contributed by atoms with Crippen molar-refractivity contribution >= 4 is 27.9 Å². The molecule has 0 N–H and O–H groups in total. The molecule has 0 saturated heterocycles.